The number of fused-ring (bicyclic) bond motifs is 1. The van der Waals surface area contributed by atoms with Gasteiger partial charge in [-0.25, -0.2) is 13.6 Å². The second-order valence-corrected chi connectivity index (χ2v) is 7.67. The molecule has 0 unspecified atom stereocenters. The van der Waals surface area contributed by atoms with E-state index in [1.807, 2.05) is 30.0 Å². The zero-order valence-electron chi connectivity index (χ0n) is 14.8. The molecule has 3 rings (SSSR count). The summed E-state index contributed by atoms with van der Waals surface area (Å²) in [6.07, 6.45) is 0. The van der Waals surface area contributed by atoms with E-state index in [0.717, 1.165) is 11.3 Å². The van der Waals surface area contributed by atoms with Crippen LogP contribution in [-0.2, 0) is 21.4 Å². The smallest absolute Gasteiger partial charge is 0.238 e. The van der Waals surface area contributed by atoms with Crippen molar-refractivity contribution in [3.63, 3.8) is 0 Å². The molecule has 0 saturated carbocycles. The molecule has 0 aromatic heterocycles. The Morgan fingerprint density at radius 1 is 1.15 bits per heavy atom. The molecule has 1 amide bonds. The molecule has 8 nitrogen and oxygen atoms in total. The molecule has 27 heavy (non-hydrogen) atoms. The van der Waals surface area contributed by atoms with Crippen LogP contribution in [0.2, 0.25) is 0 Å². The van der Waals surface area contributed by atoms with Crippen molar-refractivity contribution in [2.75, 3.05) is 25.2 Å². The first-order valence-electron chi connectivity index (χ1n) is 8.39. The zero-order chi connectivity index (χ0) is 19.4. The molecule has 1 aliphatic rings. The maximum atomic E-state index is 12.3. The summed E-state index contributed by atoms with van der Waals surface area (Å²) in [6.45, 7) is 3.67. The van der Waals surface area contributed by atoms with Crippen LogP contribution in [-0.4, -0.2) is 39.1 Å². The number of benzene rings is 2. The minimum atomic E-state index is -3.75. The topological polar surface area (TPSA) is 111 Å². The van der Waals surface area contributed by atoms with Crippen LogP contribution >= 0.6 is 0 Å². The van der Waals surface area contributed by atoms with E-state index in [0.29, 0.717) is 24.5 Å². The number of sulfonamides is 1. The Kier molecular flexibility index (Phi) is 5.64. The number of likely N-dealkylation sites (N-methyl/N-ethyl adjacent to an activating group) is 1. The number of hydrogen-bond donors (Lipinski definition) is 2. The third kappa shape index (κ3) is 4.97. The Morgan fingerprint density at radius 3 is 2.52 bits per heavy atom. The van der Waals surface area contributed by atoms with E-state index in [1.165, 1.54) is 24.3 Å². The van der Waals surface area contributed by atoms with Crippen molar-refractivity contribution in [1.29, 1.82) is 0 Å². The van der Waals surface area contributed by atoms with Crippen molar-refractivity contribution in [2.24, 2.45) is 5.14 Å². The Bertz CT molecular complexity index is 929. The van der Waals surface area contributed by atoms with E-state index in [4.69, 9.17) is 14.6 Å². The van der Waals surface area contributed by atoms with Crippen molar-refractivity contribution >= 4 is 21.6 Å². The molecule has 0 spiro atoms. The van der Waals surface area contributed by atoms with Gasteiger partial charge in [0.25, 0.3) is 0 Å². The van der Waals surface area contributed by atoms with Crippen LogP contribution in [0.15, 0.2) is 47.4 Å². The largest absolute Gasteiger partial charge is 0.454 e. The minimum absolute atomic E-state index is 0.00140. The molecule has 0 atom stereocenters. The second kappa shape index (κ2) is 7.95. The van der Waals surface area contributed by atoms with Crippen molar-refractivity contribution in [3.8, 4) is 11.5 Å². The fourth-order valence-electron chi connectivity index (χ4n) is 2.71. The van der Waals surface area contributed by atoms with Gasteiger partial charge in [-0.2, -0.15) is 0 Å². The maximum Gasteiger partial charge on any atom is 0.238 e. The molecule has 3 N–H and O–H groups in total. The van der Waals surface area contributed by atoms with Crippen LogP contribution in [0.4, 0.5) is 5.69 Å². The van der Waals surface area contributed by atoms with Crippen LogP contribution in [0.1, 0.15) is 12.5 Å². The molecule has 0 saturated heterocycles. The lowest BCUT2D eigenvalue weighted by molar-refractivity contribution is -0.117. The molecule has 144 valence electrons. The van der Waals surface area contributed by atoms with Gasteiger partial charge >= 0.3 is 0 Å². The highest BCUT2D eigenvalue weighted by Crippen LogP contribution is 2.32. The van der Waals surface area contributed by atoms with Gasteiger partial charge in [0, 0.05) is 12.2 Å². The summed E-state index contributed by atoms with van der Waals surface area (Å²) in [4.78, 5) is 14.3. The second-order valence-electron chi connectivity index (χ2n) is 6.11. The standard InChI is InChI=1S/C18H21N3O5S/c1-2-21(10-13-3-8-16-17(9-13)26-12-25-16)11-18(22)20-14-4-6-15(7-5-14)27(19,23)24/h3-9H,2,10-12H2,1H3,(H,20,22)(H2,19,23,24). The van der Waals surface area contributed by atoms with Crippen molar-refractivity contribution in [1.82, 2.24) is 4.90 Å². The van der Waals surface area contributed by atoms with Crippen molar-refractivity contribution < 1.29 is 22.7 Å². The number of nitrogens with one attached hydrogen (secondary N) is 1. The first-order chi connectivity index (χ1) is 12.8. The highest BCUT2D eigenvalue weighted by molar-refractivity contribution is 7.89. The summed E-state index contributed by atoms with van der Waals surface area (Å²) in [5, 5.41) is 7.81. The summed E-state index contributed by atoms with van der Waals surface area (Å²) < 4.78 is 33.2. The van der Waals surface area contributed by atoms with Crippen LogP contribution in [0, 0.1) is 0 Å². The molecule has 2 aromatic rings. The lowest BCUT2D eigenvalue weighted by Crippen LogP contribution is -2.32. The number of nitrogens with two attached hydrogens (primary N) is 1. The molecule has 1 aliphatic heterocycles. The molecule has 0 fully saturated rings. The van der Waals surface area contributed by atoms with E-state index < -0.39 is 10.0 Å². The van der Waals surface area contributed by atoms with Gasteiger partial charge in [0.2, 0.25) is 22.7 Å². The number of rotatable bonds is 7. The Morgan fingerprint density at radius 2 is 1.85 bits per heavy atom. The highest BCUT2D eigenvalue weighted by atomic mass is 32.2. The first-order valence-corrected chi connectivity index (χ1v) is 9.93. The number of amides is 1. The average Bonchev–Trinajstić information content (AvgIpc) is 3.08. The zero-order valence-corrected chi connectivity index (χ0v) is 15.7. The fourth-order valence-corrected chi connectivity index (χ4v) is 3.22. The summed E-state index contributed by atoms with van der Waals surface area (Å²) in [5.41, 5.74) is 1.53. The van der Waals surface area contributed by atoms with Gasteiger partial charge < -0.3 is 14.8 Å². The maximum absolute atomic E-state index is 12.3. The Labute approximate surface area is 157 Å². The number of hydrogen-bond acceptors (Lipinski definition) is 6. The molecular formula is C18H21N3O5S. The van der Waals surface area contributed by atoms with Gasteiger partial charge in [0.05, 0.1) is 11.4 Å². The van der Waals surface area contributed by atoms with Gasteiger partial charge in [-0.05, 0) is 48.5 Å². The van der Waals surface area contributed by atoms with Gasteiger partial charge in [-0.1, -0.05) is 13.0 Å². The van der Waals surface area contributed by atoms with Gasteiger partial charge in [-0.3, -0.25) is 9.69 Å². The number of ether oxygens (including phenoxy) is 2. The van der Waals surface area contributed by atoms with Crippen LogP contribution in [0.25, 0.3) is 0 Å². The minimum Gasteiger partial charge on any atom is -0.454 e. The molecule has 0 bridgehead atoms. The monoisotopic (exact) mass is 391 g/mol. The molecule has 0 aliphatic carbocycles. The van der Waals surface area contributed by atoms with Crippen molar-refractivity contribution in [3.05, 3.63) is 48.0 Å². The van der Waals surface area contributed by atoms with E-state index in [1.54, 1.807) is 0 Å². The third-order valence-corrected chi connectivity index (χ3v) is 5.05. The highest BCUT2D eigenvalue weighted by Gasteiger charge is 2.16. The predicted octanol–water partition coefficient (Wildman–Crippen LogP) is 1.52. The number of carbonyl (C=O) groups excluding carboxylic acids is 1. The number of carbonyl (C=O) groups is 1. The number of primary sulfonamides is 1. The molecule has 2 aromatic carbocycles. The van der Waals surface area contributed by atoms with E-state index in [2.05, 4.69) is 5.32 Å². The Balaban J connectivity index is 1.58. The molecule has 9 heteroatoms. The predicted molar refractivity (Wildman–Crippen MR) is 100.0 cm³/mol. The lowest BCUT2D eigenvalue weighted by atomic mass is 10.2. The van der Waals surface area contributed by atoms with E-state index >= 15 is 0 Å². The summed E-state index contributed by atoms with van der Waals surface area (Å²) >= 11 is 0. The van der Waals surface area contributed by atoms with Crippen LogP contribution < -0.4 is 19.9 Å². The van der Waals surface area contributed by atoms with Crippen LogP contribution in [0.3, 0.4) is 0 Å². The van der Waals surface area contributed by atoms with Crippen LogP contribution in [0.5, 0.6) is 11.5 Å². The lowest BCUT2D eigenvalue weighted by Gasteiger charge is -2.20. The fraction of sp³-hybridized carbons (Fsp3) is 0.278. The van der Waals surface area contributed by atoms with E-state index in [9.17, 15) is 13.2 Å². The summed E-state index contributed by atoms with van der Waals surface area (Å²) in [7, 11) is -3.75. The summed E-state index contributed by atoms with van der Waals surface area (Å²) in [6, 6.07) is 11.4. The average molecular weight is 391 g/mol. The number of nitrogens with zero attached hydrogens (tertiary/aromatic N) is 1. The van der Waals surface area contributed by atoms with Gasteiger partial charge in [0.1, 0.15) is 0 Å². The molecule has 1 heterocycles. The van der Waals surface area contributed by atoms with Gasteiger partial charge in [-0.15, -0.1) is 0 Å². The first kappa shape index (κ1) is 19.2. The quantitative estimate of drug-likeness (QED) is 0.740. The summed E-state index contributed by atoms with van der Waals surface area (Å²) in [5.74, 6) is 1.24. The Hall–Kier alpha value is -2.62. The SMILES string of the molecule is CCN(CC(=O)Nc1ccc(S(N)(=O)=O)cc1)Cc1ccc2c(c1)OCO2. The molecule has 0 radical (unpaired) electrons. The normalized spacial score (nSPS) is 13.0. The van der Waals surface area contributed by atoms with Crippen molar-refractivity contribution in [2.45, 2.75) is 18.4 Å². The van der Waals surface area contributed by atoms with Gasteiger partial charge in [0.15, 0.2) is 11.5 Å². The number of anilines is 1. The third-order valence-electron chi connectivity index (χ3n) is 4.12. The van der Waals surface area contributed by atoms with E-state index in [-0.39, 0.29) is 24.1 Å². The molecular weight excluding hydrogens is 370 g/mol.